The average molecular weight is 484 g/mol. The summed E-state index contributed by atoms with van der Waals surface area (Å²) in [6.07, 6.45) is 0.309. The van der Waals surface area contributed by atoms with Crippen molar-refractivity contribution in [1.82, 2.24) is 5.32 Å². The number of benzene rings is 3. The summed E-state index contributed by atoms with van der Waals surface area (Å²) in [4.78, 5) is 12.8. The van der Waals surface area contributed by atoms with Crippen LogP contribution in [0.1, 0.15) is 23.7 Å². The van der Waals surface area contributed by atoms with E-state index in [1.807, 2.05) is 37.3 Å². The Morgan fingerprint density at radius 2 is 1.50 bits per heavy atom. The van der Waals surface area contributed by atoms with Gasteiger partial charge in [-0.1, -0.05) is 36.4 Å². The van der Waals surface area contributed by atoms with Gasteiger partial charge in [0.1, 0.15) is 19.0 Å². The Bertz CT molecular complexity index is 1150. The first-order valence-corrected chi connectivity index (χ1v) is 12.8. The molecule has 7 nitrogen and oxygen atoms in total. The van der Waals surface area contributed by atoms with Crippen molar-refractivity contribution in [2.24, 2.45) is 0 Å². The molecule has 0 saturated heterocycles. The van der Waals surface area contributed by atoms with Gasteiger partial charge in [-0.25, -0.2) is 8.42 Å². The molecule has 0 aliphatic rings. The number of nitrogens with one attached hydrogen (secondary N) is 1. The minimum absolute atomic E-state index is 0.0423. The minimum Gasteiger partial charge on any atom is -0.490 e. The van der Waals surface area contributed by atoms with Crippen molar-refractivity contribution in [2.75, 3.05) is 32.1 Å². The molecular weight excluding hydrogens is 454 g/mol. The Labute approximate surface area is 200 Å². The van der Waals surface area contributed by atoms with E-state index in [4.69, 9.17) is 14.2 Å². The summed E-state index contributed by atoms with van der Waals surface area (Å²) in [5.74, 6) is 1.39. The molecule has 0 atom stereocenters. The molecular formula is C26H29NO6S. The second-order valence-corrected chi connectivity index (χ2v) is 9.46. The van der Waals surface area contributed by atoms with Crippen LogP contribution in [0, 0.1) is 0 Å². The number of hydrogen-bond acceptors (Lipinski definition) is 6. The highest BCUT2D eigenvalue weighted by Gasteiger charge is 2.15. The van der Waals surface area contributed by atoms with E-state index >= 15 is 0 Å². The Hall–Kier alpha value is -3.52. The van der Waals surface area contributed by atoms with Crippen molar-refractivity contribution < 1.29 is 27.4 Å². The Morgan fingerprint density at radius 3 is 2.21 bits per heavy atom. The van der Waals surface area contributed by atoms with E-state index in [-0.39, 0.29) is 23.1 Å². The molecule has 0 aromatic heterocycles. The first kappa shape index (κ1) is 25.1. The normalized spacial score (nSPS) is 11.0. The third kappa shape index (κ3) is 7.52. The van der Waals surface area contributed by atoms with Crippen molar-refractivity contribution in [1.29, 1.82) is 0 Å². The highest BCUT2D eigenvalue weighted by molar-refractivity contribution is 7.91. The van der Waals surface area contributed by atoms with Crippen LogP contribution in [0.2, 0.25) is 0 Å². The maximum absolute atomic E-state index is 12.5. The lowest BCUT2D eigenvalue weighted by Gasteiger charge is -2.14. The van der Waals surface area contributed by atoms with Crippen LogP contribution in [-0.2, 0) is 9.84 Å². The molecule has 3 aromatic carbocycles. The van der Waals surface area contributed by atoms with Gasteiger partial charge >= 0.3 is 0 Å². The van der Waals surface area contributed by atoms with Crippen molar-refractivity contribution in [3.63, 3.8) is 0 Å². The van der Waals surface area contributed by atoms with Crippen LogP contribution in [0.3, 0.4) is 0 Å². The summed E-state index contributed by atoms with van der Waals surface area (Å²) >= 11 is 0. The first-order valence-electron chi connectivity index (χ1n) is 11.1. The van der Waals surface area contributed by atoms with Gasteiger partial charge in [-0.15, -0.1) is 0 Å². The molecule has 1 amide bonds. The zero-order chi connectivity index (χ0) is 24.2. The van der Waals surface area contributed by atoms with E-state index in [1.54, 1.807) is 48.5 Å². The van der Waals surface area contributed by atoms with Crippen molar-refractivity contribution in [2.45, 2.75) is 18.2 Å². The fourth-order valence-electron chi connectivity index (χ4n) is 3.18. The summed E-state index contributed by atoms with van der Waals surface area (Å²) in [6.45, 7) is 3.19. The minimum atomic E-state index is -3.37. The van der Waals surface area contributed by atoms with Gasteiger partial charge in [-0.05, 0) is 55.8 Å². The average Bonchev–Trinajstić information content (AvgIpc) is 2.86. The molecule has 0 aliphatic carbocycles. The number of hydrogen-bond donors (Lipinski definition) is 1. The zero-order valence-corrected chi connectivity index (χ0v) is 19.9. The van der Waals surface area contributed by atoms with E-state index in [2.05, 4.69) is 5.32 Å². The first-order chi connectivity index (χ1) is 16.5. The zero-order valence-electron chi connectivity index (χ0n) is 19.1. The summed E-state index contributed by atoms with van der Waals surface area (Å²) < 4.78 is 41.7. The number of carbonyl (C=O) groups is 1. The van der Waals surface area contributed by atoms with Gasteiger partial charge in [0.25, 0.3) is 5.91 Å². The third-order valence-electron chi connectivity index (χ3n) is 4.84. The quantitative estimate of drug-likeness (QED) is 0.368. The topological polar surface area (TPSA) is 90.9 Å². The Morgan fingerprint density at radius 1 is 0.824 bits per heavy atom. The van der Waals surface area contributed by atoms with E-state index in [0.29, 0.717) is 43.3 Å². The van der Waals surface area contributed by atoms with Crippen LogP contribution in [0.15, 0.2) is 83.8 Å². The van der Waals surface area contributed by atoms with Crippen LogP contribution >= 0.6 is 0 Å². The molecule has 0 fully saturated rings. The van der Waals surface area contributed by atoms with Crippen LogP contribution in [-0.4, -0.2) is 46.4 Å². The molecule has 0 unspecified atom stereocenters. The summed E-state index contributed by atoms with van der Waals surface area (Å²) in [5, 5.41) is 2.76. The van der Waals surface area contributed by atoms with Gasteiger partial charge in [-0.3, -0.25) is 4.79 Å². The second-order valence-electron chi connectivity index (χ2n) is 7.35. The smallest absolute Gasteiger partial charge is 0.251 e. The molecule has 180 valence electrons. The predicted molar refractivity (Wildman–Crippen MR) is 130 cm³/mol. The van der Waals surface area contributed by atoms with Crippen LogP contribution in [0.5, 0.6) is 17.2 Å². The summed E-state index contributed by atoms with van der Waals surface area (Å²) in [6, 6.07) is 22.7. The number of sulfone groups is 1. The second kappa shape index (κ2) is 12.6. The number of para-hydroxylation sites is 1. The fraction of sp³-hybridized carbons (Fsp3) is 0.269. The van der Waals surface area contributed by atoms with Gasteiger partial charge in [0.15, 0.2) is 21.3 Å². The van der Waals surface area contributed by atoms with Crippen LogP contribution < -0.4 is 19.5 Å². The highest BCUT2D eigenvalue weighted by Crippen LogP contribution is 2.28. The van der Waals surface area contributed by atoms with Gasteiger partial charge in [0, 0.05) is 12.1 Å². The van der Waals surface area contributed by atoms with Crippen LogP contribution in [0.25, 0.3) is 0 Å². The number of rotatable bonds is 13. The molecule has 1 N–H and O–H groups in total. The van der Waals surface area contributed by atoms with Gasteiger partial charge < -0.3 is 19.5 Å². The molecule has 0 aliphatic heterocycles. The monoisotopic (exact) mass is 483 g/mol. The van der Waals surface area contributed by atoms with Gasteiger partial charge in [0.2, 0.25) is 0 Å². The highest BCUT2D eigenvalue weighted by atomic mass is 32.2. The van der Waals surface area contributed by atoms with Gasteiger partial charge in [0.05, 0.1) is 17.3 Å². The van der Waals surface area contributed by atoms with E-state index in [1.165, 1.54) is 0 Å². The molecule has 0 bridgehead atoms. The number of amides is 1. The number of carbonyl (C=O) groups excluding carboxylic acids is 1. The Balaban J connectivity index is 1.49. The predicted octanol–water partition coefficient (Wildman–Crippen LogP) is 4.14. The van der Waals surface area contributed by atoms with E-state index in [9.17, 15) is 13.2 Å². The lowest BCUT2D eigenvalue weighted by atomic mass is 10.2. The molecule has 0 heterocycles. The van der Waals surface area contributed by atoms with Crippen molar-refractivity contribution in [3.05, 3.63) is 84.4 Å². The van der Waals surface area contributed by atoms with Crippen molar-refractivity contribution >= 4 is 15.7 Å². The standard InChI is InChI=1S/C26H29NO6S/c1-2-31-25-20-21(14-15-24(25)33-18-17-32-22-10-5-3-6-11-22)26(28)27-16-9-19-34(29,30)23-12-7-4-8-13-23/h3-8,10-15,20H,2,9,16-19H2,1H3,(H,27,28). The van der Waals surface area contributed by atoms with Crippen molar-refractivity contribution in [3.8, 4) is 17.2 Å². The third-order valence-corrected chi connectivity index (χ3v) is 6.65. The van der Waals surface area contributed by atoms with Gasteiger partial charge in [-0.2, -0.15) is 0 Å². The molecule has 0 radical (unpaired) electrons. The molecule has 3 aromatic rings. The SMILES string of the molecule is CCOc1cc(C(=O)NCCCS(=O)(=O)c2ccccc2)ccc1OCCOc1ccccc1. The van der Waals surface area contributed by atoms with E-state index in [0.717, 1.165) is 5.75 Å². The fourth-order valence-corrected chi connectivity index (χ4v) is 4.51. The molecule has 0 spiro atoms. The maximum atomic E-state index is 12.5. The summed E-state index contributed by atoms with van der Waals surface area (Å²) in [7, 11) is -3.37. The lowest BCUT2D eigenvalue weighted by Crippen LogP contribution is -2.26. The molecule has 34 heavy (non-hydrogen) atoms. The number of ether oxygens (including phenoxy) is 3. The molecule has 3 rings (SSSR count). The largest absolute Gasteiger partial charge is 0.490 e. The molecule has 0 saturated carbocycles. The maximum Gasteiger partial charge on any atom is 0.251 e. The van der Waals surface area contributed by atoms with E-state index < -0.39 is 9.84 Å². The lowest BCUT2D eigenvalue weighted by molar-refractivity contribution is 0.0953. The van der Waals surface area contributed by atoms with Crippen LogP contribution in [0.4, 0.5) is 0 Å². The Kier molecular flexibility index (Phi) is 9.34. The molecule has 8 heteroatoms. The summed E-state index contributed by atoms with van der Waals surface area (Å²) in [5.41, 5.74) is 0.405.